The molecule has 0 bridgehead atoms. The highest BCUT2D eigenvalue weighted by Crippen LogP contribution is 2.41. The summed E-state index contributed by atoms with van der Waals surface area (Å²) in [6.07, 6.45) is 2.41. The SMILES string of the molecule is Cc1ccc(C2SCCN2S(=O)(=O)c2cnoc2)cc1. The summed E-state index contributed by atoms with van der Waals surface area (Å²) in [6, 6.07) is 7.96. The normalized spacial score (nSPS) is 20.4. The van der Waals surface area contributed by atoms with Gasteiger partial charge in [-0.05, 0) is 12.5 Å². The van der Waals surface area contributed by atoms with Crippen molar-refractivity contribution >= 4 is 21.8 Å². The second-order valence-electron chi connectivity index (χ2n) is 4.61. The fraction of sp³-hybridized carbons (Fsp3) is 0.308. The van der Waals surface area contributed by atoms with E-state index in [4.69, 9.17) is 0 Å². The van der Waals surface area contributed by atoms with E-state index in [9.17, 15) is 8.42 Å². The number of aromatic nitrogens is 1. The Bertz CT molecular complexity index is 681. The lowest BCUT2D eigenvalue weighted by molar-refractivity contribution is 0.414. The summed E-state index contributed by atoms with van der Waals surface area (Å²) < 4.78 is 31.3. The van der Waals surface area contributed by atoms with Gasteiger partial charge in [0.15, 0.2) is 0 Å². The van der Waals surface area contributed by atoms with Crippen molar-refractivity contribution in [3.63, 3.8) is 0 Å². The number of sulfonamides is 1. The Morgan fingerprint density at radius 2 is 2.10 bits per heavy atom. The predicted octanol–water partition coefficient (Wildman–Crippen LogP) is 2.42. The minimum Gasteiger partial charge on any atom is -0.363 e. The fourth-order valence-corrected chi connectivity index (χ4v) is 5.25. The number of aryl methyl sites for hydroxylation is 1. The van der Waals surface area contributed by atoms with E-state index >= 15 is 0 Å². The van der Waals surface area contributed by atoms with Crippen LogP contribution in [0.5, 0.6) is 0 Å². The summed E-state index contributed by atoms with van der Waals surface area (Å²) in [5.74, 6) is 0.781. The first-order valence-corrected chi connectivity index (χ1v) is 8.67. The fourth-order valence-electron chi connectivity index (χ4n) is 2.15. The Morgan fingerprint density at radius 3 is 2.75 bits per heavy atom. The first kappa shape index (κ1) is 13.7. The van der Waals surface area contributed by atoms with Crippen molar-refractivity contribution < 1.29 is 12.9 Å². The predicted molar refractivity (Wildman–Crippen MR) is 76.8 cm³/mol. The molecular weight excluding hydrogens is 296 g/mol. The molecule has 7 heteroatoms. The Labute approximate surface area is 122 Å². The number of nitrogens with zero attached hydrogens (tertiary/aromatic N) is 2. The van der Waals surface area contributed by atoms with Crippen LogP contribution in [0.1, 0.15) is 16.5 Å². The Hall–Kier alpha value is -1.31. The summed E-state index contributed by atoms with van der Waals surface area (Å²) in [7, 11) is -3.55. The molecule has 0 spiro atoms. The van der Waals surface area contributed by atoms with E-state index in [1.165, 1.54) is 16.8 Å². The van der Waals surface area contributed by atoms with Gasteiger partial charge in [-0.25, -0.2) is 8.42 Å². The number of thioether (sulfide) groups is 1. The second kappa shape index (κ2) is 5.23. The number of hydrogen-bond donors (Lipinski definition) is 0. The van der Waals surface area contributed by atoms with Gasteiger partial charge in [0.2, 0.25) is 10.0 Å². The van der Waals surface area contributed by atoms with Gasteiger partial charge in [-0.2, -0.15) is 4.31 Å². The molecule has 1 atom stereocenters. The van der Waals surface area contributed by atoms with E-state index in [1.807, 2.05) is 31.2 Å². The van der Waals surface area contributed by atoms with Crippen LogP contribution in [-0.4, -0.2) is 30.2 Å². The number of rotatable bonds is 3. The molecule has 1 unspecified atom stereocenters. The number of benzene rings is 1. The third-order valence-corrected chi connectivity index (χ3v) is 6.43. The van der Waals surface area contributed by atoms with Gasteiger partial charge in [0.25, 0.3) is 0 Å². The van der Waals surface area contributed by atoms with Gasteiger partial charge in [0, 0.05) is 12.3 Å². The van der Waals surface area contributed by atoms with Gasteiger partial charge in [-0.3, -0.25) is 0 Å². The van der Waals surface area contributed by atoms with E-state index in [1.54, 1.807) is 11.8 Å². The average Bonchev–Trinajstić information content (AvgIpc) is 3.11. The molecule has 0 saturated carbocycles. The van der Waals surface area contributed by atoms with Crippen molar-refractivity contribution in [3.05, 3.63) is 47.9 Å². The van der Waals surface area contributed by atoms with E-state index < -0.39 is 10.0 Å². The van der Waals surface area contributed by atoms with Crippen molar-refractivity contribution in [1.29, 1.82) is 0 Å². The molecule has 0 N–H and O–H groups in total. The molecule has 0 aliphatic carbocycles. The molecule has 0 radical (unpaired) electrons. The highest BCUT2D eigenvalue weighted by Gasteiger charge is 2.37. The molecule has 1 aromatic heterocycles. The highest BCUT2D eigenvalue weighted by molar-refractivity contribution is 8.01. The maximum Gasteiger partial charge on any atom is 0.249 e. The van der Waals surface area contributed by atoms with Crippen LogP contribution in [0.15, 0.2) is 46.1 Å². The lowest BCUT2D eigenvalue weighted by Crippen LogP contribution is -2.30. The topological polar surface area (TPSA) is 63.4 Å². The zero-order chi connectivity index (χ0) is 14.2. The van der Waals surface area contributed by atoms with Crippen LogP contribution in [0, 0.1) is 6.92 Å². The number of hydrogen-bond acceptors (Lipinski definition) is 5. The molecular formula is C13H14N2O3S2. The van der Waals surface area contributed by atoms with Crippen molar-refractivity contribution in [2.24, 2.45) is 0 Å². The van der Waals surface area contributed by atoms with Crippen LogP contribution in [0.25, 0.3) is 0 Å². The van der Waals surface area contributed by atoms with Crippen LogP contribution >= 0.6 is 11.8 Å². The zero-order valence-corrected chi connectivity index (χ0v) is 12.5. The maximum absolute atomic E-state index is 12.6. The standard InChI is InChI=1S/C13H14N2O3S2/c1-10-2-4-11(5-3-10)13-15(6-7-19-13)20(16,17)12-8-14-18-9-12/h2-5,8-9,13H,6-7H2,1H3. The molecule has 1 aromatic carbocycles. The summed E-state index contributed by atoms with van der Waals surface area (Å²) in [5.41, 5.74) is 2.16. The molecule has 3 rings (SSSR count). The summed E-state index contributed by atoms with van der Waals surface area (Å²) in [6.45, 7) is 2.51. The summed E-state index contributed by atoms with van der Waals surface area (Å²) >= 11 is 1.63. The summed E-state index contributed by atoms with van der Waals surface area (Å²) in [5, 5.41) is 3.30. The Morgan fingerprint density at radius 1 is 1.35 bits per heavy atom. The molecule has 2 heterocycles. The minimum atomic E-state index is -3.55. The monoisotopic (exact) mass is 310 g/mol. The molecule has 106 valence electrons. The van der Waals surface area contributed by atoms with Gasteiger partial charge >= 0.3 is 0 Å². The van der Waals surface area contributed by atoms with Crippen LogP contribution < -0.4 is 0 Å². The zero-order valence-electron chi connectivity index (χ0n) is 10.9. The van der Waals surface area contributed by atoms with E-state index in [-0.39, 0.29) is 10.3 Å². The Balaban J connectivity index is 1.95. The van der Waals surface area contributed by atoms with Gasteiger partial charge in [-0.1, -0.05) is 35.0 Å². The minimum absolute atomic E-state index is 0.108. The lowest BCUT2D eigenvalue weighted by Gasteiger charge is -2.22. The van der Waals surface area contributed by atoms with Crippen molar-refractivity contribution in [1.82, 2.24) is 9.46 Å². The first-order valence-electron chi connectivity index (χ1n) is 6.18. The highest BCUT2D eigenvalue weighted by atomic mass is 32.2. The van der Waals surface area contributed by atoms with Crippen LogP contribution in [-0.2, 0) is 10.0 Å². The van der Waals surface area contributed by atoms with Crippen LogP contribution in [0.4, 0.5) is 0 Å². The molecule has 2 aromatic rings. The van der Waals surface area contributed by atoms with E-state index in [0.29, 0.717) is 6.54 Å². The molecule has 1 fully saturated rings. The summed E-state index contributed by atoms with van der Waals surface area (Å²) in [4.78, 5) is 0.108. The smallest absolute Gasteiger partial charge is 0.249 e. The molecule has 1 aliphatic heterocycles. The van der Waals surface area contributed by atoms with Crippen LogP contribution in [0.3, 0.4) is 0 Å². The molecule has 0 amide bonds. The average molecular weight is 310 g/mol. The third-order valence-electron chi connectivity index (χ3n) is 3.23. The molecule has 1 saturated heterocycles. The maximum atomic E-state index is 12.6. The van der Waals surface area contributed by atoms with Crippen LogP contribution in [0.2, 0.25) is 0 Å². The van der Waals surface area contributed by atoms with Gasteiger partial charge in [0.1, 0.15) is 11.2 Å². The van der Waals surface area contributed by atoms with Gasteiger partial charge in [0.05, 0.1) is 11.6 Å². The first-order chi connectivity index (χ1) is 9.59. The van der Waals surface area contributed by atoms with Crippen molar-refractivity contribution in [2.45, 2.75) is 17.2 Å². The molecule has 20 heavy (non-hydrogen) atoms. The Kier molecular flexibility index (Phi) is 3.57. The third kappa shape index (κ3) is 2.36. The largest absolute Gasteiger partial charge is 0.363 e. The van der Waals surface area contributed by atoms with E-state index in [0.717, 1.165) is 16.9 Å². The quantitative estimate of drug-likeness (QED) is 0.871. The molecule has 5 nitrogen and oxygen atoms in total. The van der Waals surface area contributed by atoms with Crippen molar-refractivity contribution in [3.8, 4) is 0 Å². The van der Waals surface area contributed by atoms with Gasteiger partial charge < -0.3 is 4.52 Å². The second-order valence-corrected chi connectivity index (χ2v) is 7.69. The molecule has 1 aliphatic rings. The van der Waals surface area contributed by atoms with Crippen molar-refractivity contribution in [2.75, 3.05) is 12.3 Å². The van der Waals surface area contributed by atoms with E-state index in [2.05, 4.69) is 9.68 Å². The van der Waals surface area contributed by atoms with Gasteiger partial charge in [-0.15, -0.1) is 11.8 Å². The lowest BCUT2D eigenvalue weighted by atomic mass is 10.1.